The molecule has 1 heterocycles. The summed E-state index contributed by atoms with van der Waals surface area (Å²) >= 11 is 12.9. The monoisotopic (exact) mass is 261 g/mol. The van der Waals surface area contributed by atoms with Gasteiger partial charge in [-0.1, -0.05) is 34.5 Å². The topological polar surface area (TPSA) is 39.2 Å². The van der Waals surface area contributed by atoms with Crippen LogP contribution in [0, 0.1) is 0 Å². The highest BCUT2D eigenvalue weighted by molar-refractivity contribution is 7.22. The molecule has 0 aliphatic rings. The Morgan fingerprint density at radius 1 is 1.47 bits per heavy atom. The third-order valence-electron chi connectivity index (χ3n) is 1.69. The Kier molecular flexibility index (Phi) is 2.82. The number of benzene rings is 1. The van der Waals surface area contributed by atoms with Gasteiger partial charge in [0.2, 0.25) is 0 Å². The van der Waals surface area contributed by atoms with Crippen molar-refractivity contribution < 1.29 is 9.53 Å². The molecule has 0 aliphatic carbocycles. The number of rotatable bonds is 1. The quantitative estimate of drug-likeness (QED) is 0.583. The summed E-state index contributed by atoms with van der Waals surface area (Å²) in [5, 5.41) is 0.490. The van der Waals surface area contributed by atoms with Crippen molar-refractivity contribution in [3.63, 3.8) is 0 Å². The number of halogens is 2. The van der Waals surface area contributed by atoms with Gasteiger partial charge in [0.05, 0.1) is 5.02 Å². The van der Waals surface area contributed by atoms with Crippen LogP contribution in [-0.2, 0) is 4.79 Å². The average molecular weight is 262 g/mol. The van der Waals surface area contributed by atoms with Gasteiger partial charge in [0.25, 0.3) is 0 Å². The molecule has 0 saturated carbocycles. The summed E-state index contributed by atoms with van der Waals surface area (Å²) in [6, 6.07) is 3.25. The normalized spacial score (nSPS) is 10.6. The van der Waals surface area contributed by atoms with Crippen molar-refractivity contribution in [2.24, 2.45) is 0 Å². The lowest BCUT2D eigenvalue weighted by atomic mass is 10.3. The number of thiazole rings is 1. The van der Waals surface area contributed by atoms with E-state index in [-0.39, 0.29) is 5.97 Å². The molecule has 0 fully saturated rings. The van der Waals surface area contributed by atoms with Crippen molar-refractivity contribution in [2.75, 3.05) is 0 Å². The summed E-state index contributed by atoms with van der Waals surface area (Å²) in [4.78, 5) is 14.9. The van der Waals surface area contributed by atoms with E-state index in [1.807, 2.05) is 0 Å². The highest BCUT2D eigenvalue weighted by atomic mass is 35.5. The first kappa shape index (κ1) is 10.7. The molecule has 78 valence electrons. The zero-order valence-corrected chi connectivity index (χ0v) is 9.91. The predicted octanol–water partition coefficient (Wildman–Crippen LogP) is 3.53. The molecule has 0 N–H and O–H groups in total. The van der Waals surface area contributed by atoms with Gasteiger partial charge in [-0.15, -0.1) is 0 Å². The number of esters is 1. The van der Waals surface area contributed by atoms with Gasteiger partial charge in [-0.05, 0) is 12.1 Å². The van der Waals surface area contributed by atoms with Crippen LogP contribution in [0.15, 0.2) is 12.1 Å². The molecule has 0 aliphatic heterocycles. The van der Waals surface area contributed by atoms with E-state index < -0.39 is 0 Å². The Bertz CT molecular complexity index is 538. The molecule has 0 saturated heterocycles. The maximum atomic E-state index is 10.8. The Labute approximate surface area is 99.6 Å². The number of carbonyl (C=O) groups excluding carboxylic acids is 1. The summed E-state index contributed by atoms with van der Waals surface area (Å²) in [7, 11) is 0. The second-order valence-electron chi connectivity index (χ2n) is 2.78. The van der Waals surface area contributed by atoms with Crippen molar-refractivity contribution in [2.45, 2.75) is 6.92 Å². The lowest BCUT2D eigenvalue weighted by Gasteiger charge is -2.01. The molecule has 6 heteroatoms. The van der Waals surface area contributed by atoms with Crippen molar-refractivity contribution in [3.05, 3.63) is 21.6 Å². The van der Waals surface area contributed by atoms with E-state index >= 15 is 0 Å². The minimum absolute atomic E-state index is 0.367. The smallest absolute Gasteiger partial charge is 0.308 e. The van der Waals surface area contributed by atoms with E-state index in [9.17, 15) is 4.79 Å². The molecule has 1 aromatic carbocycles. The number of fused-ring (bicyclic) bond motifs is 1. The minimum atomic E-state index is -0.386. The van der Waals surface area contributed by atoms with Crippen LogP contribution in [0.2, 0.25) is 9.49 Å². The molecule has 0 bridgehead atoms. The maximum absolute atomic E-state index is 10.8. The van der Waals surface area contributed by atoms with Gasteiger partial charge in [-0.3, -0.25) is 4.79 Å². The zero-order valence-electron chi connectivity index (χ0n) is 7.58. The van der Waals surface area contributed by atoms with E-state index in [4.69, 9.17) is 27.9 Å². The van der Waals surface area contributed by atoms with Gasteiger partial charge in [-0.25, -0.2) is 4.98 Å². The van der Waals surface area contributed by atoms with Gasteiger partial charge in [0.15, 0.2) is 4.47 Å². The first-order chi connectivity index (χ1) is 7.08. The number of ether oxygens (including phenoxy) is 1. The number of aromatic nitrogens is 1. The first-order valence-corrected chi connectivity index (χ1v) is 5.58. The summed E-state index contributed by atoms with van der Waals surface area (Å²) < 4.78 is 6.06. The molecule has 2 rings (SSSR count). The highest BCUT2D eigenvalue weighted by Crippen LogP contribution is 2.37. The number of hydrogen-bond acceptors (Lipinski definition) is 4. The van der Waals surface area contributed by atoms with Gasteiger partial charge in [-0.2, -0.15) is 0 Å². The SMILES string of the molecule is CC(=O)Oc1ccc(Cl)c2nc(Cl)sc12. The van der Waals surface area contributed by atoms with Crippen LogP contribution in [0.5, 0.6) is 5.75 Å². The third kappa shape index (κ3) is 2.07. The highest BCUT2D eigenvalue weighted by Gasteiger charge is 2.12. The fourth-order valence-corrected chi connectivity index (χ4v) is 2.50. The van der Waals surface area contributed by atoms with Crippen LogP contribution in [0.1, 0.15) is 6.92 Å². The Balaban J connectivity index is 2.65. The van der Waals surface area contributed by atoms with E-state index in [0.29, 0.717) is 25.5 Å². The van der Waals surface area contributed by atoms with E-state index in [0.717, 1.165) is 0 Å². The molecule has 0 spiro atoms. The first-order valence-electron chi connectivity index (χ1n) is 4.01. The zero-order chi connectivity index (χ0) is 11.0. The van der Waals surface area contributed by atoms with Crippen molar-refractivity contribution in [1.29, 1.82) is 0 Å². The fraction of sp³-hybridized carbons (Fsp3) is 0.111. The van der Waals surface area contributed by atoms with Crippen molar-refractivity contribution in [1.82, 2.24) is 4.98 Å². The van der Waals surface area contributed by atoms with Gasteiger partial charge >= 0.3 is 5.97 Å². The van der Waals surface area contributed by atoms with Gasteiger partial charge < -0.3 is 4.74 Å². The van der Waals surface area contributed by atoms with Gasteiger partial charge in [0, 0.05) is 6.92 Å². The number of carbonyl (C=O) groups is 1. The van der Waals surface area contributed by atoms with Crippen LogP contribution in [0.3, 0.4) is 0 Å². The maximum Gasteiger partial charge on any atom is 0.308 e. The molecule has 0 amide bonds. The summed E-state index contributed by atoms with van der Waals surface area (Å²) in [5.74, 6) is 0.0504. The van der Waals surface area contributed by atoms with Crippen LogP contribution < -0.4 is 4.74 Å². The molecule has 0 atom stereocenters. The summed E-state index contributed by atoms with van der Waals surface area (Å²) in [6.45, 7) is 1.34. The third-order valence-corrected chi connectivity index (χ3v) is 3.17. The largest absolute Gasteiger partial charge is 0.425 e. The Morgan fingerprint density at radius 3 is 2.87 bits per heavy atom. The summed E-state index contributed by atoms with van der Waals surface area (Å²) in [5.41, 5.74) is 0.561. The predicted molar refractivity (Wildman–Crippen MR) is 60.9 cm³/mol. The molecular formula is C9H5Cl2NO2S. The Hall–Kier alpha value is -0.840. The molecular weight excluding hydrogens is 257 g/mol. The van der Waals surface area contributed by atoms with Crippen molar-refractivity contribution >= 4 is 50.7 Å². The average Bonchev–Trinajstić information content (AvgIpc) is 2.52. The molecule has 1 aromatic heterocycles. The molecule has 0 unspecified atom stereocenters. The van der Waals surface area contributed by atoms with Crippen LogP contribution in [0.4, 0.5) is 0 Å². The van der Waals surface area contributed by atoms with Crippen LogP contribution in [-0.4, -0.2) is 11.0 Å². The summed E-state index contributed by atoms with van der Waals surface area (Å²) in [6.07, 6.45) is 0. The Morgan fingerprint density at radius 2 is 2.20 bits per heavy atom. The van der Waals surface area contributed by atoms with Crippen LogP contribution >= 0.6 is 34.5 Å². The minimum Gasteiger partial charge on any atom is -0.425 e. The molecule has 0 radical (unpaired) electrons. The standard InChI is InChI=1S/C9H5Cl2NO2S/c1-4(13)14-6-3-2-5(10)7-8(6)15-9(11)12-7/h2-3H,1H3. The number of hydrogen-bond donors (Lipinski definition) is 0. The second kappa shape index (κ2) is 3.96. The number of nitrogens with zero attached hydrogens (tertiary/aromatic N) is 1. The molecule has 2 aromatic rings. The second-order valence-corrected chi connectivity index (χ2v) is 4.77. The fourth-order valence-electron chi connectivity index (χ4n) is 1.16. The van der Waals surface area contributed by atoms with Gasteiger partial charge in [0.1, 0.15) is 16.0 Å². The lowest BCUT2D eigenvalue weighted by molar-refractivity contribution is -0.131. The van der Waals surface area contributed by atoms with E-state index in [1.54, 1.807) is 12.1 Å². The van der Waals surface area contributed by atoms with E-state index in [1.165, 1.54) is 18.3 Å². The van der Waals surface area contributed by atoms with Crippen LogP contribution in [0.25, 0.3) is 10.2 Å². The lowest BCUT2D eigenvalue weighted by Crippen LogP contribution is -2.01. The molecule has 15 heavy (non-hydrogen) atoms. The van der Waals surface area contributed by atoms with Crippen molar-refractivity contribution in [3.8, 4) is 5.75 Å². The molecule has 3 nitrogen and oxygen atoms in total. The van der Waals surface area contributed by atoms with E-state index in [2.05, 4.69) is 4.98 Å².